The molecule has 0 saturated carbocycles. The molecule has 0 bridgehead atoms. The number of allylic oxidation sites excluding steroid dienone is 1. The number of hydrogen-bond donors (Lipinski definition) is 2. The van der Waals surface area contributed by atoms with Crippen LogP contribution in [0.25, 0.3) is 0 Å². The van der Waals surface area contributed by atoms with E-state index in [-0.39, 0.29) is 5.84 Å². The van der Waals surface area contributed by atoms with Crippen molar-refractivity contribution in [2.75, 3.05) is 11.5 Å². The number of amidine groups is 1. The van der Waals surface area contributed by atoms with Gasteiger partial charge in [0, 0.05) is 5.70 Å². The second-order valence-electron chi connectivity index (χ2n) is 6.96. The summed E-state index contributed by atoms with van der Waals surface area (Å²) in [6.07, 6.45) is 0. The van der Waals surface area contributed by atoms with Gasteiger partial charge in [-0.1, -0.05) is 44.2 Å². The zero-order valence-corrected chi connectivity index (χ0v) is 18.2. The van der Waals surface area contributed by atoms with Crippen LogP contribution in [0.5, 0.6) is 0 Å². The Morgan fingerprint density at radius 1 is 1.11 bits per heavy atom. The van der Waals surface area contributed by atoms with Crippen molar-refractivity contribution in [3.63, 3.8) is 0 Å². The third-order valence-electron chi connectivity index (χ3n) is 5.81. The van der Waals surface area contributed by atoms with Gasteiger partial charge in [0.15, 0.2) is 15.0 Å². The average molecular weight is 412 g/mol. The lowest BCUT2D eigenvalue weighted by Crippen LogP contribution is -2.61. The topological polar surface area (TPSA) is 98.0 Å². The summed E-state index contributed by atoms with van der Waals surface area (Å²) in [5.41, 5.74) is 6.76. The summed E-state index contributed by atoms with van der Waals surface area (Å²) >= 11 is 3.20. The molecule has 1 aromatic rings. The number of rotatable bonds is 5. The van der Waals surface area contributed by atoms with Gasteiger partial charge in [0.2, 0.25) is 0 Å². The van der Waals surface area contributed by atoms with Crippen molar-refractivity contribution in [3.8, 4) is 12.1 Å². The summed E-state index contributed by atoms with van der Waals surface area (Å²) in [5, 5.41) is 24.8. The average Bonchev–Trinajstić information content (AvgIpc) is 2.91. The van der Waals surface area contributed by atoms with Crippen LogP contribution in [-0.2, 0) is 0 Å². The Kier molecular flexibility index (Phi) is 5.44. The van der Waals surface area contributed by atoms with E-state index in [4.69, 9.17) is 10.7 Å². The van der Waals surface area contributed by atoms with Gasteiger partial charge in [-0.05, 0) is 36.5 Å². The lowest BCUT2D eigenvalue weighted by atomic mass is 9.55. The Bertz CT molecular complexity index is 905. The highest BCUT2D eigenvalue weighted by atomic mass is 32.2. The Hall–Kier alpha value is -2.09. The Morgan fingerprint density at radius 2 is 1.71 bits per heavy atom. The number of nitrogens with two attached hydrogens (primary N) is 1. The minimum absolute atomic E-state index is 0.242. The summed E-state index contributed by atoms with van der Waals surface area (Å²) in [6, 6.07) is 14.4. The van der Waals surface area contributed by atoms with E-state index >= 15 is 0 Å². The maximum Gasteiger partial charge on any atom is 0.178 e. The third-order valence-corrected chi connectivity index (χ3v) is 8.67. The van der Waals surface area contributed by atoms with Crippen molar-refractivity contribution >= 4 is 29.4 Å². The largest absolute Gasteiger partial charge is 0.386 e. The predicted molar refractivity (Wildman–Crippen MR) is 117 cm³/mol. The molecule has 7 heteroatoms. The number of aliphatic imine (C=N–C) groups is 1. The number of hydrogen-bond acceptors (Lipinski definition) is 7. The van der Waals surface area contributed by atoms with Crippen LogP contribution in [-0.4, -0.2) is 21.5 Å². The Balaban J connectivity index is 2.42. The van der Waals surface area contributed by atoms with Crippen LogP contribution < -0.4 is 11.1 Å². The molecular weight excluding hydrogens is 386 g/mol. The molecule has 0 saturated heterocycles. The summed E-state index contributed by atoms with van der Waals surface area (Å²) in [4.78, 5) is 4.89. The van der Waals surface area contributed by atoms with Crippen molar-refractivity contribution in [1.29, 1.82) is 10.5 Å². The number of fused-ring (bicyclic) bond motifs is 1. The SMILES string of the molecule is CCSC1(SCC)N=C(N)[C@]2(C#N)[C@@H](c3ccccc3)NC(C)=C(C)[C@]12C#N. The lowest BCUT2D eigenvalue weighted by molar-refractivity contribution is 0.200. The molecule has 0 spiro atoms. The van der Waals surface area contributed by atoms with Gasteiger partial charge in [0.25, 0.3) is 0 Å². The van der Waals surface area contributed by atoms with Crippen molar-refractivity contribution in [1.82, 2.24) is 5.32 Å². The van der Waals surface area contributed by atoms with Gasteiger partial charge in [-0.25, -0.2) is 4.99 Å². The number of nitrogens with one attached hydrogen (secondary N) is 1. The molecule has 146 valence electrons. The molecule has 0 fully saturated rings. The third kappa shape index (κ3) is 2.36. The molecule has 3 atom stereocenters. The standard InChI is InChI=1S/C21H25N5S2/c1-5-27-21(28-6-2)20(13-23)14(3)15(4)25-17(16-10-8-7-9-11-16)19(20,12-22)18(24)26-21/h7-11,17,25H,5-6H2,1-4H3,(H2,24,26)/t17-,19+,20+/m1/s1. The minimum atomic E-state index is -1.29. The molecule has 5 nitrogen and oxygen atoms in total. The molecule has 0 aliphatic carbocycles. The molecule has 0 aromatic heterocycles. The summed E-state index contributed by atoms with van der Waals surface area (Å²) in [6.45, 7) is 8.01. The lowest BCUT2D eigenvalue weighted by Gasteiger charge is -2.52. The number of nitrogens with zero attached hydrogens (tertiary/aromatic N) is 3. The second kappa shape index (κ2) is 7.39. The van der Waals surface area contributed by atoms with Gasteiger partial charge in [-0.15, -0.1) is 23.5 Å². The van der Waals surface area contributed by atoms with Crippen LogP contribution in [0.1, 0.15) is 39.3 Å². The molecule has 2 aliphatic rings. The van der Waals surface area contributed by atoms with E-state index in [2.05, 4.69) is 17.5 Å². The molecule has 2 heterocycles. The quantitative estimate of drug-likeness (QED) is 0.706. The van der Waals surface area contributed by atoms with Crippen molar-refractivity contribution in [2.45, 2.75) is 37.9 Å². The van der Waals surface area contributed by atoms with Crippen LogP contribution in [0.2, 0.25) is 0 Å². The summed E-state index contributed by atoms with van der Waals surface area (Å²) < 4.78 is -0.856. The monoisotopic (exact) mass is 411 g/mol. The van der Waals surface area contributed by atoms with Gasteiger partial charge in [0.05, 0.1) is 18.2 Å². The molecule has 0 amide bonds. The first kappa shape index (κ1) is 20.6. The van der Waals surface area contributed by atoms with Gasteiger partial charge < -0.3 is 11.1 Å². The van der Waals surface area contributed by atoms with E-state index in [0.29, 0.717) is 0 Å². The molecule has 28 heavy (non-hydrogen) atoms. The smallest absolute Gasteiger partial charge is 0.178 e. The minimum Gasteiger partial charge on any atom is -0.386 e. The van der Waals surface area contributed by atoms with Crippen molar-refractivity contribution < 1.29 is 0 Å². The fourth-order valence-corrected chi connectivity index (χ4v) is 7.83. The Morgan fingerprint density at radius 3 is 2.21 bits per heavy atom. The van der Waals surface area contributed by atoms with Crippen molar-refractivity contribution in [2.24, 2.45) is 21.6 Å². The van der Waals surface area contributed by atoms with Gasteiger partial charge >= 0.3 is 0 Å². The summed E-state index contributed by atoms with van der Waals surface area (Å²) in [5.74, 6) is 1.78. The first-order valence-electron chi connectivity index (χ1n) is 9.36. The second-order valence-corrected chi connectivity index (χ2v) is 10.1. The van der Waals surface area contributed by atoms with Crippen LogP contribution >= 0.6 is 23.5 Å². The molecule has 0 unspecified atom stereocenters. The molecule has 2 aliphatic heterocycles. The van der Waals surface area contributed by atoms with E-state index in [1.54, 1.807) is 23.5 Å². The van der Waals surface area contributed by atoms with E-state index < -0.39 is 21.1 Å². The maximum atomic E-state index is 10.7. The first-order valence-corrected chi connectivity index (χ1v) is 11.3. The van der Waals surface area contributed by atoms with Crippen molar-refractivity contribution in [3.05, 3.63) is 47.2 Å². The number of thioether (sulfide) groups is 2. The zero-order chi connectivity index (χ0) is 20.6. The van der Waals surface area contributed by atoms with Gasteiger partial charge in [0.1, 0.15) is 5.84 Å². The fraction of sp³-hybridized carbons (Fsp3) is 0.476. The molecule has 3 N–H and O–H groups in total. The first-order chi connectivity index (χ1) is 13.4. The van der Waals surface area contributed by atoms with Crippen LogP contribution in [0.15, 0.2) is 46.6 Å². The van der Waals surface area contributed by atoms with Crippen LogP contribution in [0.3, 0.4) is 0 Å². The van der Waals surface area contributed by atoms with Crippen LogP contribution in [0.4, 0.5) is 0 Å². The zero-order valence-electron chi connectivity index (χ0n) is 16.6. The maximum absolute atomic E-state index is 10.7. The van der Waals surface area contributed by atoms with Gasteiger partial charge in [-0.3, -0.25) is 0 Å². The highest BCUT2D eigenvalue weighted by Gasteiger charge is 2.76. The number of benzene rings is 1. The van der Waals surface area contributed by atoms with Gasteiger partial charge in [-0.2, -0.15) is 10.5 Å². The predicted octanol–water partition coefficient (Wildman–Crippen LogP) is 4.18. The summed E-state index contributed by atoms with van der Waals surface area (Å²) in [7, 11) is 0. The van der Waals surface area contributed by atoms with Crippen LogP contribution in [0, 0.1) is 33.5 Å². The van der Waals surface area contributed by atoms with E-state index in [9.17, 15) is 10.5 Å². The highest BCUT2D eigenvalue weighted by Crippen LogP contribution is 2.71. The van der Waals surface area contributed by atoms with E-state index in [0.717, 1.165) is 28.3 Å². The molecular formula is C21H25N5S2. The normalized spacial score (nSPS) is 30.6. The highest BCUT2D eigenvalue weighted by molar-refractivity contribution is 8.18. The molecule has 0 radical (unpaired) electrons. The van der Waals surface area contributed by atoms with E-state index in [1.807, 2.05) is 58.0 Å². The fourth-order valence-electron chi connectivity index (χ4n) is 4.52. The molecule has 1 aromatic carbocycles. The Labute approximate surface area is 175 Å². The number of nitriles is 2. The molecule has 3 rings (SSSR count). The van der Waals surface area contributed by atoms with E-state index in [1.165, 1.54) is 0 Å².